The van der Waals surface area contributed by atoms with Crippen molar-refractivity contribution in [2.45, 2.75) is 24.8 Å². The summed E-state index contributed by atoms with van der Waals surface area (Å²) in [5, 5.41) is 0. The summed E-state index contributed by atoms with van der Waals surface area (Å²) in [6.45, 7) is 0. The Morgan fingerprint density at radius 1 is 0.864 bits per heavy atom. The number of carbonyl (C=O) groups excluding carboxylic acids is 2. The van der Waals surface area contributed by atoms with Gasteiger partial charge >= 0.3 is 0 Å². The number of amides is 2. The van der Waals surface area contributed by atoms with Crippen molar-refractivity contribution in [3.05, 3.63) is 71.0 Å². The fourth-order valence-corrected chi connectivity index (χ4v) is 3.35. The van der Waals surface area contributed by atoms with Crippen LogP contribution < -0.4 is 0 Å². The van der Waals surface area contributed by atoms with Crippen LogP contribution in [0.4, 0.5) is 4.39 Å². The first kappa shape index (κ1) is 13.2. The van der Waals surface area contributed by atoms with Gasteiger partial charge in [0.05, 0.1) is 11.1 Å². The predicted octanol–water partition coefficient (Wildman–Crippen LogP) is 3.37. The molecule has 0 bridgehead atoms. The van der Waals surface area contributed by atoms with E-state index < -0.39 is 0 Å². The summed E-state index contributed by atoms with van der Waals surface area (Å²) in [5.41, 5.74) is 2.06. The molecular weight excluding hydrogens is 281 g/mol. The molecule has 4 heteroatoms. The minimum atomic E-state index is -0.250. The molecule has 1 fully saturated rings. The zero-order valence-corrected chi connectivity index (χ0v) is 11.8. The Bertz CT molecular complexity index is 728. The van der Waals surface area contributed by atoms with E-state index in [1.165, 1.54) is 17.0 Å². The van der Waals surface area contributed by atoms with Crippen LogP contribution >= 0.6 is 0 Å². The Morgan fingerprint density at radius 3 is 1.95 bits per heavy atom. The molecular formula is C18H14FNO2. The molecule has 1 aliphatic heterocycles. The first-order valence-corrected chi connectivity index (χ1v) is 7.37. The minimum Gasteiger partial charge on any atom is -0.271 e. The monoisotopic (exact) mass is 295 g/mol. The smallest absolute Gasteiger partial charge is 0.261 e. The van der Waals surface area contributed by atoms with Gasteiger partial charge in [0.2, 0.25) is 0 Å². The fraction of sp³-hybridized carbons (Fsp3) is 0.222. The highest BCUT2D eigenvalue weighted by Gasteiger charge is 2.45. The molecule has 0 N–H and O–H groups in total. The maximum absolute atomic E-state index is 13.0. The average Bonchev–Trinajstić information content (AvgIpc) is 2.73. The molecule has 0 saturated heterocycles. The van der Waals surface area contributed by atoms with E-state index in [0.717, 1.165) is 18.4 Å². The first-order chi connectivity index (χ1) is 10.6. The van der Waals surface area contributed by atoms with Crippen molar-refractivity contribution in [3.63, 3.8) is 0 Å². The number of halogens is 1. The molecule has 0 atom stereocenters. The zero-order valence-electron chi connectivity index (χ0n) is 11.8. The molecule has 3 nitrogen and oxygen atoms in total. The average molecular weight is 295 g/mol. The van der Waals surface area contributed by atoms with Gasteiger partial charge in [-0.2, -0.15) is 0 Å². The largest absolute Gasteiger partial charge is 0.271 e. The highest BCUT2D eigenvalue weighted by molar-refractivity contribution is 6.21. The molecule has 0 spiro atoms. The minimum absolute atomic E-state index is 0.0533. The second kappa shape index (κ2) is 4.77. The van der Waals surface area contributed by atoms with Crippen molar-refractivity contribution in [3.8, 4) is 0 Å². The van der Waals surface area contributed by atoms with Crippen molar-refractivity contribution >= 4 is 11.8 Å². The van der Waals surface area contributed by atoms with Crippen LogP contribution in [0.1, 0.15) is 45.0 Å². The van der Waals surface area contributed by atoms with Crippen LogP contribution in [0.25, 0.3) is 0 Å². The van der Waals surface area contributed by atoms with E-state index >= 15 is 0 Å². The van der Waals surface area contributed by atoms with Crippen LogP contribution in [0.15, 0.2) is 48.5 Å². The summed E-state index contributed by atoms with van der Waals surface area (Å²) in [6, 6.07) is 13.3. The van der Waals surface area contributed by atoms with E-state index in [9.17, 15) is 14.0 Å². The summed E-state index contributed by atoms with van der Waals surface area (Å²) >= 11 is 0. The van der Waals surface area contributed by atoms with Gasteiger partial charge in [0.25, 0.3) is 11.8 Å². The van der Waals surface area contributed by atoms with Gasteiger partial charge in [0, 0.05) is 6.04 Å². The van der Waals surface area contributed by atoms with Crippen molar-refractivity contribution in [2.75, 3.05) is 0 Å². The van der Waals surface area contributed by atoms with Crippen molar-refractivity contribution in [1.82, 2.24) is 4.90 Å². The number of benzene rings is 2. The summed E-state index contributed by atoms with van der Waals surface area (Å²) in [7, 11) is 0. The number of hydrogen-bond acceptors (Lipinski definition) is 2. The molecule has 0 radical (unpaired) electrons. The predicted molar refractivity (Wildman–Crippen MR) is 79.1 cm³/mol. The number of nitrogens with zero attached hydrogens (tertiary/aromatic N) is 1. The maximum atomic E-state index is 13.0. The topological polar surface area (TPSA) is 37.4 Å². The van der Waals surface area contributed by atoms with E-state index in [1.54, 1.807) is 36.4 Å². The lowest BCUT2D eigenvalue weighted by molar-refractivity contribution is 0.0478. The van der Waals surface area contributed by atoms with Gasteiger partial charge in [-0.15, -0.1) is 0 Å². The molecule has 2 aliphatic rings. The molecule has 110 valence electrons. The third kappa shape index (κ3) is 1.87. The number of rotatable bonds is 2. The van der Waals surface area contributed by atoms with Gasteiger partial charge in [-0.3, -0.25) is 14.5 Å². The van der Waals surface area contributed by atoms with Gasteiger partial charge in [-0.1, -0.05) is 24.3 Å². The quantitative estimate of drug-likeness (QED) is 0.797. The third-order valence-electron chi connectivity index (χ3n) is 4.65. The zero-order chi connectivity index (χ0) is 15.3. The van der Waals surface area contributed by atoms with Crippen LogP contribution in [-0.4, -0.2) is 22.8 Å². The maximum Gasteiger partial charge on any atom is 0.261 e. The van der Waals surface area contributed by atoms with E-state index in [4.69, 9.17) is 0 Å². The Morgan fingerprint density at radius 2 is 1.41 bits per heavy atom. The number of fused-ring (bicyclic) bond motifs is 1. The molecule has 22 heavy (non-hydrogen) atoms. The van der Waals surface area contributed by atoms with Crippen LogP contribution in [0.5, 0.6) is 0 Å². The van der Waals surface area contributed by atoms with Crippen molar-refractivity contribution < 1.29 is 14.0 Å². The van der Waals surface area contributed by atoms with E-state index in [1.807, 2.05) is 0 Å². The van der Waals surface area contributed by atoms with Gasteiger partial charge in [0.15, 0.2) is 0 Å². The van der Waals surface area contributed by atoms with E-state index in [2.05, 4.69) is 0 Å². The summed E-state index contributed by atoms with van der Waals surface area (Å²) < 4.78 is 13.0. The normalized spacial score (nSPS) is 23.4. The lowest BCUT2D eigenvalue weighted by Gasteiger charge is -2.40. The Balaban J connectivity index is 1.51. The molecule has 2 aromatic carbocycles. The van der Waals surface area contributed by atoms with Gasteiger partial charge in [0.1, 0.15) is 5.82 Å². The lowest BCUT2D eigenvalue weighted by Crippen LogP contribution is -2.46. The molecule has 4 rings (SSSR count). The van der Waals surface area contributed by atoms with Crippen molar-refractivity contribution in [1.29, 1.82) is 0 Å². The molecule has 1 saturated carbocycles. The summed E-state index contributed by atoms with van der Waals surface area (Å²) in [5.74, 6) is -0.346. The molecule has 0 aromatic heterocycles. The standard InChI is InChI=1S/C18H14FNO2/c19-13-7-5-11(6-8-13)12-9-14(10-12)20-17(21)15-3-1-2-4-16(15)18(20)22/h1-8,12,14H,9-10H2. The van der Waals surface area contributed by atoms with Crippen LogP contribution in [0.2, 0.25) is 0 Å². The van der Waals surface area contributed by atoms with Crippen molar-refractivity contribution in [2.24, 2.45) is 0 Å². The second-order valence-electron chi connectivity index (χ2n) is 5.90. The van der Waals surface area contributed by atoms with Gasteiger partial charge < -0.3 is 0 Å². The molecule has 1 aliphatic carbocycles. The molecule has 1 heterocycles. The first-order valence-electron chi connectivity index (χ1n) is 7.37. The third-order valence-corrected chi connectivity index (χ3v) is 4.65. The molecule has 0 unspecified atom stereocenters. The molecule has 2 aromatic rings. The van der Waals surface area contributed by atoms with E-state index in [-0.39, 0.29) is 29.6 Å². The highest BCUT2D eigenvalue weighted by atomic mass is 19.1. The van der Waals surface area contributed by atoms with Crippen LogP contribution in [0.3, 0.4) is 0 Å². The van der Waals surface area contributed by atoms with E-state index in [0.29, 0.717) is 11.1 Å². The Labute approximate surface area is 127 Å². The summed E-state index contributed by atoms with van der Waals surface area (Å²) in [4.78, 5) is 26.2. The SMILES string of the molecule is O=C1c2ccccc2C(=O)N1C1CC(c2ccc(F)cc2)C1. The lowest BCUT2D eigenvalue weighted by atomic mass is 9.75. The Hall–Kier alpha value is -2.49. The fourth-order valence-electron chi connectivity index (χ4n) is 3.35. The number of carbonyl (C=O) groups is 2. The summed E-state index contributed by atoms with van der Waals surface area (Å²) in [6.07, 6.45) is 1.49. The number of imide groups is 1. The van der Waals surface area contributed by atoms with Gasteiger partial charge in [-0.25, -0.2) is 4.39 Å². The number of hydrogen-bond donors (Lipinski definition) is 0. The second-order valence-corrected chi connectivity index (χ2v) is 5.90. The Kier molecular flexibility index (Phi) is 2.86. The van der Waals surface area contributed by atoms with Crippen LogP contribution in [0, 0.1) is 5.82 Å². The molecule has 2 amide bonds. The highest BCUT2D eigenvalue weighted by Crippen LogP contribution is 2.42. The van der Waals surface area contributed by atoms with Crippen LogP contribution in [-0.2, 0) is 0 Å². The van der Waals surface area contributed by atoms with Gasteiger partial charge in [-0.05, 0) is 48.6 Å².